The Morgan fingerprint density at radius 1 is 1.21 bits per heavy atom. The minimum Gasteiger partial charge on any atom is -0.368 e. The van der Waals surface area contributed by atoms with Crippen molar-refractivity contribution in [3.63, 3.8) is 0 Å². The van der Waals surface area contributed by atoms with Gasteiger partial charge in [-0.1, -0.05) is 30.3 Å². The van der Waals surface area contributed by atoms with E-state index in [0.29, 0.717) is 19.6 Å². The van der Waals surface area contributed by atoms with Crippen molar-refractivity contribution < 1.29 is 4.79 Å². The Kier molecular flexibility index (Phi) is 4.52. The first kappa shape index (κ1) is 17.9. The molecule has 4 heterocycles. The van der Waals surface area contributed by atoms with Crippen LogP contribution >= 0.6 is 11.3 Å². The van der Waals surface area contributed by atoms with Gasteiger partial charge >= 0.3 is 0 Å². The second-order valence-corrected chi connectivity index (χ2v) is 8.15. The van der Waals surface area contributed by atoms with Gasteiger partial charge in [0.05, 0.1) is 24.3 Å². The van der Waals surface area contributed by atoms with E-state index in [4.69, 9.17) is 4.99 Å². The average Bonchev–Trinajstić information content (AvgIpc) is 3.44. The van der Waals surface area contributed by atoms with Crippen LogP contribution in [0.4, 0.5) is 11.5 Å². The number of rotatable bonds is 3. The zero-order valence-corrected chi connectivity index (χ0v) is 16.7. The van der Waals surface area contributed by atoms with Crippen molar-refractivity contribution >= 4 is 34.6 Å². The molecule has 3 aromatic rings. The van der Waals surface area contributed by atoms with Crippen molar-refractivity contribution in [3.05, 3.63) is 76.6 Å². The highest BCUT2D eigenvalue weighted by Gasteiger charge is 2.47. The molecular formula is C22H21N5OS. The molecule has 1 unspecified atom stereocenters. The highest BCUT2D eigenvalue weighted by molar-refractivity contribution is 7.08. The number of fused-ring (bicyclic) bond motifs is 1. The summed E-state index contributed by atoms with van der Waals surface area (Å²) in [5.41, 5.74) is 2.40. The smallest absolute Gasteiger partial charge is 0.254 e. The molecule has 2 aliphatic heterocycles. The molecule has 146 valence electrons. The molecule has 1 saturated heterocycles. The van der Waals surface area contributed by atoms with E-state index in [9.17, 15) is 4.79 Å². The van der Waals surface area contributed by atoms with E-state index in [2.05, 4.69) is 27.8 Å². The number of likely N-dealkylation sites (tertiary alicyclic amines) is 1. The Morgan fingerprint density at radius 3 is 2.93 bits per heavy atom. The quantitative estimate of drug-likeness (QED) is 0.697. The number of nitrogens with one attached hydrogen (secondary N) is 2. The van der Waals surface area contributed by atoms with Gasteiger partial charge in [-0.05, 0) is 35.6 Å². The number of amides is 1. The number of hydrogen-bond donors (Lipinski definition) is 2. The number of anilines is 2. The van der Waals surface area contributed by atoms with Crippen LogP contribution < -0.4 is 10.6 Å². The number of pyridine rings is 1. The molecule has 1 spiro atoms. The Balaban J connectivity index is 1.46. The second kappa shape index (κ2) is 7.33. The van der Waals surface area contributed by atoms with Crippen LogP contribution in [-0.4, -0.2) is 40.3 Å². The van der Waals surface area contributed by atoms with Gasteiger partial charge in [0.25, 0.3) is 5.91 Å². The van der Waals surface area contributed by atoms with Crippen LogP contribution in [0.3, 0.4) is 0 Å². The van der Waals surface area contributed by atoms with Gasteiger partial charge in [0, 0.05) is 18.1 Å². The van der Waals surface area contributed by atoms with Gasteiger partial charge < -0.3 is 15.5 Å². The highest BCUT2D eigenvalue weighted by atomic mass is 32.1. The van der Waals surface area contributed by atoms with E-state index in [0.717, 1.165) is 34.9 Å². The monoisotopic (exact) mass is 403 g/mol. The summed E-state index contributed by atoms with van der Waals surface area (Å²) in [5.74, 6) is 1.69. The van der Waals surface area contributed by atoms with Gasteiger partial charge in [0.2, 0.25) is 0 Å². The van der Waals surface area contributed by atoms with E-state index in [1.807, 2.05) is 52.1 Å². The molecule has 1 fully saturated rings. The number of thiophene rings is 1. The Hall–Kier alpha value is -3.19. The molecule has 0 bridgehead atoms. The summed E-state index contributed by atoms with van der Waals surface area (Å²) in [4.78, 5) is 24.2. The predicted molar refractivity (Wildman–Crippen MR) is 117 cm³/mol. The number of aliphatic imine (C=N–C) groups is 1. The molecule has 1 atom stereocenters. The van der Waals surface area contributed by atoms with Crippen molar-refractivity contribution in [1.82, 2.24) is 9.88 Å². The molecule has 1 aromatic carbocycles. The molecule has 0 radical (unpaired) electrons. The van der Waals surface area contributed by atoms with Crippen LogP contribution in [0.5, 0.6) is 0 Å². The van der Waals surface area contributed by atoms with Gasteiger partial charge in [0.1, 0.15) is 11.4 Å². The van der Waals surface area contributed by atoms with Gasteiger partial charge in [-0.15, -0.1) is 0 Å². The molecule has 7 heteroatoms. The molecule has 2 aromatic heterocycles. The number of aromatic nitrogens is 1. The number of nitrogens with zero attached hydrogens (tertiary/aromatic N) is 3. The summed E-state index contributed by atoms with van der Waals surface area (Å²) in [5, 5.41) is 10.9. The third-order valence-corrected chi connectivity index (χ3v) is 6.14. The largest absolute Gasteiger partial charge is 0.368 e. The third-order valence-electron chi connectivity index (χ3n) is 5.46. The fraction of sp³-hybridized carbons (Fsp3) is 0.227. The molecule has 5 rings (SSSR count). The lowest BCUT2D eigenvalue weighted by Gasteiger charge is -2.38. The summed E-state index contributed by atoms with van der Waals surface area (Å²) < 4.78 is 0. The maximum Gasteiger partial charge on any atom is 0.254 e. The summed E-state index contributed by atoms with van der Waals surface area (Å²) in [6.45, 7) is 1.83. The molecule has 29 heavy (non-hydrogen) atoms. The SMILES string of the molecule is O=C(c1ccsc1)N1CCC2(C1)Nc1cccnc1NC2=NCc1ccccc1. The summed E-state index contributed by atoms with van der Waals surface area (Å²) in [6.07, 6.45) is 2.55. The van der Waals surface area contributed by atoms with E-state index in [1.54, 1.807) is 17.5 Å². The molecule has 6 nitrogen and oxygen atoms in total. The van der Waals surface area contributed by atoms with Crippen molar-refractivity contribution in [3.8, 4) is 0 Å². The second-order valence-electron chi connectivity index (χ2n) is 7.37. The summed E-state index contributed by atoms with van der Waals surface area (Å²) in [7, 11) is 0. The lowest BCUT2D eigenvalue weighted by molar-refractivity contribution is 0.0790. The molecule has 1 amide bonds. The summed E-state index contributed by atoms with van der Waals surface area (Å²) in [6, 6.07) is 16.0. The lowest BCUT2D eigenvalue weighted by Crippen LogP contribution is -2.55. The number of benzene rings is 1. The zero-order chi connectivity index (χ0) is 19.7. The molecule has 0 aliphatic carbocycles. The van der Waals surface area contributed by atoms with E-state index in [-0.39, 0.29) is 5.91 Å². The summed E-state index contributed by atoms with van der Waals surface area (Å²) >= 11 is 1.54. The van der Waals surface area contributed by atoms with Crippen molar-refractivity contribution in [2.24, 2.45) is 4.99 Å². The van der Waals surface area contributed by atoms with Gasteiger partial charge in [-0.25, -0.2) is 4.98 Å². The van der Waals surface area contributed by atoms with E-state index in [1.165, 1.54) is 0 Å². The van der Waals surface area contributed by atoms with Crippen LogP contribution in [0, 0.1) is 0 Å². The minimum absolute atomic E-state index is 0.0734. The standard InChI is InChI=1S/C22H21N5OS/c28-20(17-8-12-29-14-17)27-11-9-22(15-27)21(24-13-16-5-2-1-3-6-16)25-19-18(26-22)7-4-10-23-19/h1-8,10,12,14,26H,9,11,13,15H2,(H,23,24,25). The normalized spacial score (nSPS) is 21.7. The average molecular weight is 404 g/mol. The van der Waals surface area contributed by atoms with Crippen LogP contribution in [0.25, 0.3) is 0 Å². The van der Waals surface area contributed by atoms with E-state index >= 15 is 0 Å². The molecule has 2 aliphatic rings. The Labute approximate surface area is 173 Å². The first-order chi connectivity index (χ1) is 14.2. The number of carbonyl (C=O) groups is 1. The van der Waals surface area contributed by atoms with Gasteiger partial charge in [-0.3, -0.25) is 9.79 Å². The van der Waals surface area contributed by atoms with Gasteiger partial charge in [-0.2, -0.15) is 11.3 Å². The van der Waals surface area contributed by atoms with Crippen molar-refractivity contribution in [2.45, 2.75) is 18.5 Å². The first-order valence-electron chi connectivity index (χ1n) is 9.64. The maximum atomic E-state index is 12.9. The van der Waals surface area contributed by atoms with Crippen molar-refractivity contribution in [1.29, 1.82) is 0 Å². The number of hydrogen-bond acceptors (Lipinski definition) is 5. The third kappa shape index (κ3) is 3.38. The van der Waals surface area contributed by atoms with Gasteiger partial charge in [0.15, 0.2) is 5.82 Å². The molecule has 2 N–H and O–H groups in total. The maximum absolute atomic E-state index is 12.9. The lowest BCUT2D eigenvalue weighted by atomic mass is 9.93. The highest BCUT2D eigenvalue weighted by Crippen LogP contribution is 2.36. The van der Waals surface area contributed by atoms with E-state index < -0.39 is 5.54 Å². The zero-order valence-electron chi connectivity index (χ0n) is 15.8. The number of amidine groups is 1. The fourth-order valence-electron chi connectivity index (χ4n) is 3.95. The Morgan fingerprint density at radius 2 is 2.10 bits per heavy atom. The minimum atomic E-state index is -0.434. The van der Waals surface area contributed by atoms with Crippen LogP contribution in [-0.2, 0) is 6.54 Å². The van der Waals surface area contributed by atoms with Crippen LogP contribution in [0.2, 0.25) is 0 Å². The molecular weight excluding hydrogens is 382 g/mol. The number of carbonyl (C=O) groups excluding carboxylic acids is 1. The van der Waals surface area contributed by atoms with Crippen molar-refractivity contribution in [2.75, 3.05) is 23.7 Å². The fourth-order valence-corrected chi connectivity index (χ4v) is 4.58. The van der Waals surface area contributed by atoms with Crippen LogP contribution in [0.15, 0.2) is 70.5 Å². The van der Waals surface area contributed by atoms with Crippen LogP contribution in [0.1, 0.15) is 22.3 Å². The molecule has 0 saturated carbocycles. The Bertz CT molecular complexity index is 1050. The predicted octanol–water partition coefficient (Wildman–Crippen LogP) is 3.86. The topological polar surface area (TPSA) is 69.6 Å². The first-order valence-corrected chi connectivity index (χ1v) is 10.6.